The van der Waals surface area contributed by atoms with Gasteiger partial charge in [0, 0.05) is 16.7 Å². The molecule has 1 heterocycles. The Kier molecular flexibility index (Phi) is 10.5. The van der Waals surface area contributed by atoms with E-state index in [1.165, 1.54) is 43.1 Å². The van der Waals surface area contributed by atoms with Crippen molar-refractivity contribution in [2.75, 3.05) is 0 Å². The number of hydrogen-bond acceptors (Lipinski definition) is 4. The highest BCUT2D eigenvalue weighted by atomic mass is 15.0. The maximum atomic E-state index is 10.3. The summed E-state index contributed by atoms with van der Waals surface area (Å²) in [6, 6.07) is 91.9. The minimum absolute atomic E-state index is 0.555. The summed E-state index contributed by atoms with van der Waals surface area (Å²) in [6.07, 6.45) is 0. The fourth-order valence-corrected chi connectivity index (χ4v) is 10.5. The number of benzene rings is 12. The topological polar surface area (TPSA) is 62.5 Å². The van der Waals surface area contributed by atoms with Crippen molar-refractivity contribution < 1.29 is 0 Å². The Balaban J connectivity index is 0.928. The van der Waals surface area contributed by atoms with Gasteiger partial charge in [-0.1, -0.05) is 218 Å². The lowest BCUT2D eigenvalue weighted by atomic mass is 9.87. The van der Waals surface area contributed by atoms with E-state index >= 15 is 0 Å². The van der Waals surface area contributed by atoms with Gasteiger partial charge in [-0.05, 0) is 135 Å². The van der Waals surface area contributed by atoms with Crippen LogP contribution in [-0.4, -0.2) is 15.0 Å². The van der Waals surface area contributed by atoms with Crippen LogP contribution in [-0.2, 0) is 0 Å². The predicted octanol–water partition coefficient (Wildman–Crippen LogP) is 17.7. The molecule has 4 nitrogen and oxygen atoms in total. The van der Waals surface area contributed by atoms with Crippen LogP contribution in [0.1, 0.15) is 5.56 Å². The van der Waals surface area contributed by atoms with E-state index in [2.05, 4.69) is 212 Å². The van der Waals surface area contributed by atoms with Crippen molar-refractivity contribution >= 4 is 43.1 Å². The first kappa shape index (κ1) is 42.3. The summed E-state index contributed by atoms with van der Waals surface area (Å²) >= 11 is 0. The molecule has 0 aliphatic heterocycles. The molecule has 0 unspecified atom stereocenters. The Morgan fingerprint density at radius 2 is 0.694 bits per heavy atom. The molecule has 13 rings (SSSR count). The van der Waals surface area contributed by atoms with Crippen LogP contribution in [0.5, 0.6) is 0 Å². The van der Waals surface area contributed by atoms with Crippen LogP contribution in [0.3, 0.4) is 0 Å². The standard InChI is InChI=1S/C68H42N4/c69-43-44-32-36-61(64(38-44)51-22-15-21-50(41-51)54-24-6-7-25-55(54)52-35-37-62-58-28-9-8-26-56(58)57-27-10-11-30-60(57)65(62)42-52)59-29-12-13-31-63(59)68-71-66(46-17-2-1-3-18-46)70-67(72-68)53-23-14-20-48(40-53)49-34-33-45-16-4-5-19-47(45)39-49/h1-42H. The lowest BCUT2D eigenvalue weighted by Crippen LogP contribution is -2.01. The molecule has 0 saturated heterocycles. The zero-order valence-electron chi connectivity index (χ0n) is 39.0. The second-order valence-corrected chi connectivity index (χ2v) is 18.2. The van der Waals surface area contributed by atoms with Crippen LogP contribution < -0.4 is 0 Å². The maximum absolute atomic E-state index is 10.3. The molecule has 0 radical (unpaired) electrons. The van der Waals surface area contributed by atoms with Gasteiger partial charge in [0.15, 0.2) is 17.5 Å². The molecular formula is C68H42N4. The highest BCUT2D eigenvalue weighted by molar-refractivity contribution is 6.25. The highest BCUT2D eigenvalue weighted by Gasteiger charge is 2.20. The third kappa shape index (κ3) is 7.63. The number of rotatable bonds is 8. The summed E-state index contributed by atoms with van der Waals surface area (Å²) in [6.45, 7) is 0. The molecule has 0 aliphatic carbocycles. The molecule has 0 fully saturated rings. The SMILES string of the molecule is N#Cc1ccc(-c2ccccc2-c2nc(-c3ccccc3)nc(-c3cccc(-c4ccc5ccccc5c4)c3)n2)c(-c2cccc(-c3ccccc3-c3ccc4c5ccccc5c5ccccc5c4c3)c2)c1. The van der Waals surface area contributed by atoms with Crippen LogP contribution >= 0.6 is 0 Å². The van der Waals surface area contributed by atoms with Crippen LogP contribution in [0.15, 0.2) is 255 Å². The van der Waals surface area contributed by atoms with Gasteiger partial charge >= 0.3 is 0 Å². The van der Waals surface area contributed by atoms with Crippen molar-refractivity contribution in [3.63, 3.8) is 0 Å². The van der Waals surface area contributed by atoms with Gasteiger partial charge in [-0.3, -0.25) is 0 Å². The lowest BCUT2D eigenvalue weighted by Gasteiger charge is -2.17. The predicted molar refractivity (Wildman–Crippen MR) is 298 cm³/mol. The molecule has 13 aromatic rings. The van der Waals surface area contributed by atoms with Gasteiger partial charge in [0.25, 0.3) is 0 Å². The van der Waals surface area contributed by atoms with Gasteiger partial charge in [0.1, 0.15) is 0 Å². The summed E-state index contributed by atoms with van der Waals surface area (Å²) < 4.78 is 0. The van der Waals surface area contributed by atoms with Crippen molar-refractivity contribution in [2.45, 2.75) is 0 Å². The maximum Gasteiger partial charge on any atom is 0.164 e. The summed E-state index contributed by atoms with van der Waals surface area (Å²) in [5, 5.41) is 20.2. The van der Waals surface area contributed by atoms with E-state index < -0.39 is 0 Å². The monoisotopic (exact) mass is 914 g/mol. The first-order valence-corrected chi connectivity index (χ1v) is 24.2. The van der Waals surface area contributed by atoms with Gasteiger partial charge in [0.2, 0.25) is 0 Å². The molecule has 0 bridgehead atoms. The molecule has 0 spiro atoms. The molecule has 334 valence electrons. The van der Waals surface area contributed by atoms with Crippen molar-refractivity contribution in [1.29, 1.82) is 5.26 Å². The number of aromatic nitrogens is 3. The van der Waals surface area contributed by atoms with Crippen molar-refractivity contribution in [2.24, 2.45) is 0 Å². The van der Waals surface area contributed by atoms with Crippen LogP contribution in [0.2, 0.25) is 0 Å². The van der Waals surface area contributed by atoms with E-state index in [1.807, 2.05) is 48.5 Å². The summed E-state index contributed by atoms with van der Waals surface area (Å²) in [5.41, 5.74) is 13.7. The Morgan fingerprint density at radius 1 is 0.236 bits per heavy atom. The first-order chi connectivity index (χ1) is 35.6. The second-order valence-electron chi connectivity index (χ2n) is 18.2. The molecule has 0 amide bonds. The minimum Gasteiger partial charge on any atom is -0.208 e. The molecule has 0 saturated carbocycles. The molecule has 0 aliphatic rings. The van der Waals surface area contributed by atoms with Crippen molar-refractivity contribution in [3.05, 3.63) is 260 Å². The largest absolute Gasteiger partial charge is 0.208 e. The zero-order valence-corrected chi connectivity index (χ0v) is 39.0. The smallest absolute Gasteiger partial charge is 0.164 e. The number of fused-ring (bicyclic) bond motifs is 7. The molecule has 12 aromatic carbocycles. The summed E-state index contributed by atoms with van der Waals surface area (Å²) in [4.78, 5) is 15.6. The minimum atomic E-state index is 0.555. The lowest BCUT2D eigenvalue weighted by molar-refractivity contribution is 1.07. The van der Waals surface area contributed by atoms with Gasteiger partial charge in [-0.15, -0.1) is 0 Å². The van der Waals surface area contributed by atoms with Crippen molar-refractivity contribution in [3.8, 4) is 95.9 Å². The van der Waals surface area contributed by atoms with Gasteiger partial charge in [0.05, 0.1) is 11.6 Å². The first-order valence-electron chi connectivity index (χ1n) is 24.2. The third-order valence-corrected chi connectivity index (χ3v) is 13.9. The van der Waals surface area contributed by atoms with Gasteiger partial charge in [-0.25, -0.2) is 15.0 Å². The average molecular weight is 915 g/mol. The Hall–Kier alpha value is -9.82. The summed E-state index contributed by atoms with van der Waals surface area (Å²) in [5.74, 6) is 1.72. The molecule has 0 N–H and O–H groups in total. The molecule has 4 heteroatoms. The quantitative estimate of drug-likeness (QED) is 0.143. The zero-order chi connectivity index (χ0) is 48.0. The normalized spacial score (nSPS) is 11.3. The van der Waals surface area contributed by atoms with E-state index in [0.29, 0.717) is 23.0 Å². The average Bonchev–Trinajstić information content (AvgIpc) is 3.47. The molecular weight excluding hydrogens is 873 g/mol. The van der Waals surface area contributed by atoms with Crippen molar-refractivity contribution in [1.82, 2.24) is 15.0 Å². The summed E-state index contributed by atoms with van der Waals surface area (Å²) in [7, 11) is 0. The van der Waals surface area contributed by atoms with E-state index in [1.54, 1.807) is 0 Å². The Bertz CT molecular complexity index is 4270. The van der Waals surface area contributed by atoms with E-state index in [-0.39, 0.29) is 0 Å². The van der Waals surface area contributed by atoms with Crippen LogP contribution in [0, 0.1) is 11.3 Å². The molecule has 1 aromatic heterocycles. The second kappa shape index (κ2) is 17.9. The van der Waals surface area contributed by atoms with Crippen LogP contribution in [0.4, 0.5) is 0 Å². The number of nitriles is 1. The Labute approximate surface area is 417 Å². The van der Waals surface area contributed by atoms with E-state index in [0.717, 1.165) is 72.3 Å². The van der Waals surface area contributed by atoms with Gasteiger partial charge in [-0.2, -0.15) is 5.26 Å². The number of nitrogens with zero attached hydrogens (tertiary/aromatic N) is 4. The van der Waals surface area contributed by atoms with E-state index in [4.69, 9.17) is 15.0 Å². The van der Waals surface area contributed by atoms with E-state index in [9.17, 15) is 5.26 Å². The highest BCUT2D eigenvalue weighted by Crippen LogP contribution is 2.43. The molecule has 72 heavy (non-hydrogen) atoms. The fraction of sp³-hybridized carbons (Fsp3) is 0. The van der Waals surface area contributed by atoms with Gasteiger partial charge < -0.3 is 0 Å². The molecule has 0 atom stereocenters. The fourth-order valence-electron chi connectivity index (χ4n) is 10.5. The Morgan fingerprint density at radius 3 is 1.40 bits per heavy atom. The van der Waals surface area contributed by atoms with Crippen LogP contribution in [0.25, 0.3) is 133 Å². The number of hydrogen-bond donors (Lipinski definition) is 0. The third-order valence-electron chi connectivity index (χ3n) is 13.9.